The minimum absolute atomic E-state index is 0.0917. The Morgan fingerprint density at radius 1 is 0.323 bits per heavy atom. The highest BCUT2D eigenvalue weighted by Gasteiger charge is 2.19. The van der Waals surface area contributed by atoms with Crippen LogP contribution >= 0.6 is 0 Å². The van der Waals surface area contributed by atoms with Gasteiger partial charge in [-0.05, 0) is 64.2 Å². The average Bonchev–Trinajstić information content (AvgIpc) is 3.30. The number of hydrogen-bond acceptors (Lipinski definition) is 6. The maximum atomic E-state index is 12.8. The molecule has 0 heterocycles. The van der Waals surface area contributed by atoms with Crippen LogP contribution in [0.3, 0.4) is 0 Å². The van der Waals surface area contributed by atoms with Crippen molar-refractivity contribution < 1.29 is 28.6 Å². The number of carbonyl (C=O) groups is 3. The summed E-state index contributed by atoms with van der Waals surface area (Å²) in [5.74, 6) is -0.934. The second kappa shape index (κ2) is 53.5. The van der Waals surface area contributed by atoms with Gasteiger partial charge in [-0.25, -0.2) is 0 Å². The molecule has 0 spiro atoms. The van der Waals surface area contributed by atoms with E-state index in [0.717, 1.165) is 77.0 Å². The summed E-state index contributed by atoms with van der Waals surface area (Å²) in [4.78, 5) is 38.1. The molecule has 0 aliphatic rings. The van der Waals surface area contributed by atoms with Gasteiger partial charge in [-0.1, -0.05) is 254 Å². The molecule has 0 radical (unpaired) electrons. The zero-order valence-corrected chi connectivity index (χ0v) is 42.7. The Kier molecular flexibility index (Phi) is 50.9. The molecule has 0 amide bonds. The van der Waals surface area contributed by atoms with Gasteiger partial charge in [0.1, 0.15) is 13.2 Å². The molecule has 0 saturated carbocycles. The zero-order valence-electron chi connectivity index (χ0n) is 42.7. The van der Waals surface area contributed by atoms with Gasteiger partial charge in [-0.2, -0.15) is 0 Å². The Morgan fingerprint density at radius 3 is 1.00 bits per heavy atom. The molecule has 1 unspecified atom stereocenters. The molecule has 0 rings (SSSR count). The molecule has 374 valence electrons. The lowest BCUT2D eigenvalue weighted by Gasteiger charge is -2.18. The summed E-state index contributed by atoms with van der Waals surface area (Å²) in [6.45, 7) is 6.47. The van der Waals surface area contributed by atoms with Crippen molar-refractivity contribution in [2.24, 2.45) is 0 Å². The van der Waals surface area contributed by atoms with Gasteiger partial charge in [-0.15, -0.1) is 0 Å². The summed E-state index contributed by atoms with van der Waals surface area (Å²) >= 11 is 0. The van der Waals surface area contributed by atoms with E-state index in [-0.39, 0.29) is 31.1 Å². The maximum absolute atomic E-state index is 12.8. The first-order chi connectivity index (χ1) is 32.0. The fourth-order valence-corrected chi connectivity index (χ4v) is 7.69. The van der Waals surface area contributed by atoms with Crippen molar-refractivity contribution in [3.05, 3.63) is 72.9 Å². The lowest BCUT2D eigenvalue weighted by Crippen LogP contribution is -2.30. The molecule has 0 aliphatic carbocycles. The van der Waals surface area contributed by atoms with Crippen molar-refractivity contribution in [1.29, 1.82) is 0 Å². The van der Waals surface area contributed by atoms with Gasteiger partial charge in [0.2, 0.25) is 0 Å². The third-order valence-electron chi connectivity index (χ3n) is 11.8. The molecule has 0 N–H and O–H groups in total. The van der Waals surface area contributed by atoms with Crippen LogP contribution in [0.2, 0.25) is 0 Å². The molecule has 0 aliphatic heterocycles. The molecule has 0 aromatic rings. The van der Waals surface area contributed by atoms with E-state index in [1.54, 1.807) is 0 Å². The smallest absolute Gasteiger partial charge is 0.306 e. The Bertz CT molecular complexity index is 1230. The minimum Gasteiger partial charge on any atom is -0.462 e. The van der Waals surface area contributed by atoms with Gasteiger partial charge in [-0.3, -0.25) is 14.4 Å². The van der Waals surface area contributed by atoms with Gasteiger partial charge < -0.3 is 14.2 Å². The third-order valence-corrected chi connectivity index (χ3v) is 11.8. The highest BCUT2D eigenvalue weighted by molar-refractivity contribution is 5.71. The van der Waals surface area contributed by atoms with Gasteiger partial charge in [0.25, 0.3) is 0 Å². The van der Waals surface area contributed by atoms with E-state index in [0.29, 0.717) is 19.3 Å². The Morgan fingerprint density at radius 2 is 0.615 bits per heavy atom. The molecule has 0 saturated heterocycles. The monoisotopic (exact) mass is 907 g/mol. The van der Waals surface area contributed by atoms with E-state index in [1.165, 1.54) is 148 Å². The molecule has 6 heteroatoms. The highest BCUT2D eigenvalue weighted by Crippen LogP contribution is 2.16. The van der Waals surface area contributed by atoms with Crippen molar-refractivity contribution in [1.82, 2.24) is 0 Å². The predicted octanol–water partition coefficient (Wildman–Crippen LogP) is 18.2. The van der Waals surface area contributed by atoms with Gasteiger partial charge in [0.15, 0.2) is 6.10 Å². The summed E-state index contributed by atoms with van der Waals surface area (Å²) in [5.41, 5.74) is 0. The van der Waals surface area contributed by atoms with Crippen LogP contribution in [0, 0.1) is 0 Å². The summed E-state index contributed by atoms with van der Waals surface area (Å²) in [5, 5.41) is 0. The van der Waals surface area contributed by atoms with E-state index < -0.39 is 6.10 Å². The van der Waals surface area contributed by atoms with E-state index >= 15 is 0 Å². The van der Waals surface area contributed by atoms with Crippen molar-refractivity contribution in [2.75, 3.05) is 13.2 Å². The summed E-state index contributed by atoms with van der Waals surface area (Å²) in [7, 11) is 0. The molecule has 1 atom stereocenters. The van der Waals surface area contributed by atoms with Crippen LogP contribution in [0.5, 0.6) is 0 Å². The van der Waals surface area contributed by atoms with Crippen LogP contribution in [-0.2, 0) is 28.6 Å². The van der Waals surface area contributed by atoms with E-state index in [2.05, 4.69) is 45.1 Å². The van der Waals surface area contributed by atoms with Gasteiger partial charge in [0, 0.05) is 19.3 Å². The van der Waals surface area contributed by atoms with Gasteiger partial charge in [0.05, 0.1) is 0 Å². The minimum atomic E-state index is -0.794. The summed E-state index contributed by atoms with van der Waals surface area (Å²) in [6.07, 6.45) is 67.4. The molecule has 0 bridgehead atoms. The molecule has 0 aromatic heterocycles. The Labute approximate surface area is 402 Å². The normalized spacial score (nSPS) is 12.6. The number of allylic oxidation sites excluding steroid dienone is 12. The maximum Gasteiger partial charge on any atom is 0.306 e. The Hall–Kier alpha value is -3.15. The van der Waals surface area contributed by atoms with Gasteiger partial charge >= 0.3 is 17.9 Å². The van der Waals surface area contributed by atoms with Crippen molar-refractivity contribution in [3.63, 3.8) is 0 Å². The lowest BCUT2D eigenvalue weighted by molar-refractivity contribution is -0.167. The number of ether oxygens (including phenoxy) is 3. The van der Waals surface area contributed by atoms with Crippen molar-refractivity contribution >= 4 is 17.9 Å². The number of rotatable bonds is 49. The molecule has 65 heavy (non-hydrogen) atoms. The van der Waals surface area contributed by atoms with Crippen LogP contribution in [0.1, 0.15) is 265 Å². The van der Waals surface area contributed by atoms with Crippen LogP contribution < -0.4 is 0 Å². The molecule has 6 nitrogen and oxygen atoms in total. The zero-order chi connectivity index (χ0) is 47.2. The SMILES string of the molecule is CC\C=C/C=C\C=C/C=C\C=C/CCCCCC(=O)OCC(COC(=O)CCCCCCC/C=C\CCCCCCCCC)OC(=O)CCCCCCCCCCCCCCCCCC. The number of hydrogen-bond donors (Lipinski definition) is 0. The third kappa shape index (κ3) is 51.7. The van der Waals surface area contributed by atoms with E-state index in [1.807, 2.05) is 48.6 Å². The molecular weight excluding hydrogens is 805 g/mol. The Balaban J connectivity index is 4.44. The second-order valence-corrected chi connectivity index (χ2v) is 18.2. The largest absolute Gasteiger partial charge is 0.462 e. The first-order valence-electron chi connectivity index (χ1n) is 27.5. The number of unbranched alkanes of at least 4 members (excludes halogenated alkanes) is 30. The van der Waals surface area contributed by atoms with E-state index in [9.17, 15) is 14.4 Å². The van der Waals surface area contributed by atoms with Crippen molar-refractivity contribution in [3.8, 4) is 0 Å². The number of esters is 3. The molecular formula is C59H102O6. The van der Waals surface area contributed by atoms with Crippen molar-refractivity contribution in [2.45, 2.75) is 271 Å². The molecule has 0 aromatic carbocycles. The van der Waals surface area contributed by atoms with Crippen LogP contribution in [0.4, 0.5) is 0 Å². The van der Waals surface area contributed by atoms with E-state index in [4.69, 9.17) is 14.2 Å². The quantitative estimate of drug-likeness (QED) is 0.0199. The first-order valence-corrected chi connectivity index (χ1v) is 27.5. The van der Waals surface area contributed by atoms with Crippen LogP contribution in [0.25, 0.3) is 0 Å². The van der Waals surface area contributed by atoms with Crippen LogP contribution in [-0.4, -0.2) is 37.2 Å². The fraction of sp³-hybridized carbons (Fsp3) is 0.746. The summed E-state index contributed by atoms with van der Waals surface area (Å²) in [6, 6.07) is 0. The lowest BCUT2D eigenvalue weighted by atomic mass is 10.0. The predicted molar refractivity (Wildman–Crippen MR) is 279 cm³/mol. The second-order valence-electron chi connectivity index (χ2n) is 18.2. The highest BCUT2D eigenvalue weighted by atomic mass is 16.6. The molecule has 0 fully saturated rings. The standard InChI is InChI=1S/C59H102O6/c1-4-7-10-13-16-19-22-25-28-31-34-37-40-43-46-49-52-58(61)64-55-56(54-63-57(60)51-48-45-42-39-36-33-30-27-24-21-18-15-12-9-6-3)65-59(62)53-50-47-44-41-38-35-32-29-26-23-20-17-14-11-8-5-2/h9,12,15,18,21,24,27-28,30-31,33,36,56H,4-8,10-11,13-14,16-17,19-20,22-23,25-26,29,32,34-35,37-55H2,1-3H3/b12-9-,18-15-,24-21-,30-27-,31-28-,36-33-. The fourth-order valence-electron chi connectivity index (χ4n) is 7.69. The number of carbonyl (C=O) groups excluding carboxylic acids is 3. The summed E-state index contributed by atoms with van der Waals surface area (Å²) < 4.78 is 16.8. The van der Waals surface area contributed by atoms with Crippen LogP contribution in [0.15, 0.2) is 72.9 Å². The average molecular weight is 907 g/mol. The first kappa shape index (κ1) is 61.9. The topological polar surface area (TPSA) is 78.9 Å².